The molecule has 3 aromatic rings. The van der Waals surface area contributed by atoms with Crippen LogP contribution in [-0.2, 0) is 21.4 Å². The Bertz CT molecular complexity index is 985. The molecule has 0 saturated heterocycles. The van der Waals surface area contributed by atoms with E-state index < -0.39 is 15.9 Å². The molecule has 0 aliphatic carbocycles. The SMILES string of the molecule is CN(CC(=O)NCc1nnc2ccccn12)S(=O)(=O)c1ccccc1. The van der Waals surface area contributed by atoms with Crippen LogP contribution in [0, 0.1) is 0 Å². The van der Waals surface area contributed by atoms with E-state index in [0.29, 0.717) is 11.5 Å². The van der Waals surface area contributed by atoms with Gasteiger partial charge in [-0.25, -0.2) is 8.42 Å². The minimum atomic E-state index is -3.70. The molecule has 0 saturated carbocycles. The first-order valence-corrected chi connectivity index (χ1v) is 8.99. The Labute approximate surface area is 145 Å². The van der Waals surface area contributed by atoms with Crippen molar-refractivity contribution in [3.8, 4) is 0 Å². The number of likely N-dealkylation sites (N-methyl/N-ethyl adjacent to an activating group) is 1. The highest BCUT2D eigenvalue weighted by molar-refractivity contribution is 7.89. The molecule has 0 atom stereocenters. The van der Waals surface area contributed by atoms with Gasteiger partial charge in [0.2, 0.25) is 15.9 Å². The maximum atomic E-state index is 12.4. The summed E-state index contributed by atoms with van der Waals surface area (Å²) in [6.45, 7) is -0.128. The van der Waals surface area contributed by atoms with Gasteiger partial charge in [0.15, 0.2) is 11.5 Å². The summed E-state index contributed by atoms with van der Waals surface area (Å²) in [6, 6.07) is 13.5. The van der Waals surface area contributed by atoms with Crippen LogP contribution >= 0.6 is 0 Å². The normalized spacial score (nSPS) is 11.8. The summed E-state index contributed by atoms with van der Waals surface area (Å²) in [7, 11) is -2.33. The van der Waals surface area contributed by atoms with Crippen LogP contribution in [0.1, 0.15) is 5.82 Å². The van der Waals surface area contributed by atoms with Gasteiger partial charge in [0, 0.05) is 13.2 Å². The second kappa shape index (κ2) is 6.99. The number of amides is 1. The maximum absolute atomic E-state index is 12.4. The molecule has 0 fully saturated rings. The average Bonchev–Trinajstić information content (AvgIpc) is 3.04. The van der Waals surface area contributed by atoms with Crippen LogP contribution in [0.4, 0.5) is 0 Å². The summed E-state index contributed by atoms with van der Waals surface area (Å²) in [6.07, 6.45) is 1.79. The number of pyridine rings is 1. The number of carbonyl (C=O) groups is 1. The smallest absolute Gasteiger partial charge is 0.243 e. The van der Waals surface area contributed by atoms with Crippen LogP contribution in [0.25, 0.3) is 5.65 Å². The highest BCUT2D eigenvalue weighted by Crippen LogP contribution is 2.12. The number of benzene rings is 1. The zero-order valence-corrected chi connectivity index (χ0v) is 14.3. The Morgan fingerprint density at radius 2 is 1.84 bits per heavy atom. The highest BCUT2D eigenvalue weighted by atomic mass is 32.2. The van der Waals surface area contributed by atoms with E-state index in [9.17, 15) is 13.2 Å². The molecular weight excluding hydrogens is 342 g/mol. The third-order valence-corrected chi connectivity index (χ3v) is 5.46. The second-order valence-electron chi connectivity index (χ2n) is 5.40. The minimum Gasteiger partial charge on any atom is -0.348 e. The first-order valence-electron chi connectivity index (χ1n) is 7.55. The van der Waals surface area contributed by atoms with Gasteiger partial charge in [-0.05, 0) is 24.3 Å². The number of hydrogen-bond acceptors (Lipinski definition) is 5. The zero-order chi connectivity index (χ0) is 17.9. The molecule has 1 aromatic carbocycles. The number of hydrogen-bond donors (Lipinski definition) is 1. The van der Waals surface area contributed by atoms with Crippen LogP contribution in [-0.4, -0.2) is 46.8 Å². The van der Waals surface area contributed by atoms with Crippen LogP contribution in [0.15, 0.2) is 59.6 Å². The third kappa shape index (κ3) is 3.67. The number of aromatic nitrogens is 3. The first-order chi connectivity index (χ1) is 12.0. The van der Waals surface area contributed by atoms with Crippen LogP contribution in [0.3, 0.4) is 0 Å². The van der Waals surface area contributed by atoms with E-state index in [4.69, 9.17) is 0 Å². The van der Waals surface area contributed by atoms with Gasteiger partial charge in [-0.15, -0.1) is 10.2 Å². The van der Waals surface area contributed by atoms with Crippen molar-refractivity contribution in [1.29, 1.82) is 0 Å². The Balaban J connectivity index is 1.62. The number of sulfonamides is 1. The van der Waals surface area contributed by atoms with E-state index >= 15 is 0 Å². The lowest BCUT2D eigenvalue weighted by Gasteiger charge is -2.16. The lowest BCUT2D eigenvalue weighted by molar-refractivity contribution is -0.121. The fourth-order valence-corrected chi connectivity index (χ4v) is 3.45. The van der Waals surface area contributed by atoms with Crippen molar-refractivity contribution in [1.82, 2.24) is 24.2 Å². The van der Waals surface area contributed by atoms with Crippen LogP contribution in [0.5, 0.6) is 0 Å². The standard InChI is InChI=1S/C16H17N5O3S/c1-20(25(23,24)13-7-3-2-4-8-13)12-16(22)17-11-15-19-18-14-9-5-6-10-21(14)15/h2-10H,11-12H2,1H3,(H,17,22). The number of nitrogens with one attached hydrogen (secondary N) is 1. The maximum Gasteiger partial charge on any atom is 0.243 e. The van der Waals surface area contributed by atoms with Crippen molar-refractivity contribution >= 4 is 21.6 Å². The van der Waals surface area contributed by atoms with E-state index in [2.05, 4.69) is 15.5 Å². The van der Waals surface area contributed by atoms with Crippen LogP contribution in [0.2, 0.25) is 0 Å². The highest BCUT2D eigenvalue weighted by Gasteiger charge is 2.22. The summed E-state index contributed by atoms with van der Waals surface area (Å²) < 4.78 is 27.6. The molecule has 3 rings (SSSR count). The van der Waals surface area contributed by atoms with Crippen molar-refractivity contribution in [2.75, 3.05) is 13.6 Å². The van der Waals surface area contributed by atoms with E-state index in [1.807, 2.05) is 12.1 Å². The number of fused-ring (bicyclic) bond motifs is 1. The summed E-state index contributed by atoms with van der Waals surface area (Å²) in [5.41, 5.74) is 0.676. The number of carbonyl (C=O) groups excluding carboxylic acids is 1. The predicted molar refractivity (Wildman–Crippen MR) is 91.1 cm³/mol. The monoisotopic (exact) mass is 359 g/mol. The van der Waals surface area contributed by atoms with Gasteiger partial charge >= 0.3 is 0 Å². The molecule has 2 aromatic heterocycles. The molecule has 0 aliphatic heterocycles. The van der Waals surface area contributed by atoms with Crippen molar-refractivity contribution in [2.45, 2.75) is 11.4 Å². The van der Waals surface area contributed by atoms with Crippen LogP contribution < -0.4 is 5.32 Å². The van der Waals surface area contributed by atoms with Gasteiger partial charge in [-0.3, -0.25) is 9.20 Å². The van der Waals surface area contributed by atoms with E-state index in [1.165, 1.54) is 19.2 Å². The summed E-state index contributed by atoms with van der Waals surface area (Å²) in [5, 5.41) is 10.7. The number of nitrogens with zero attached hydrogens (tertiary/aromatic N) is 4. The van der Waals surface area contributed by atoms with Gasteiger partial charge in [0.1, 0.15) is 0 Å². The molecule has 1 amide bonds. The Morgan fingerprint density at radius 3 is 2.60 bits per heavy atom. The third-order valence-electron chi connectivity index (χ3n) is 3.65. The Morgan fingerprint density at radius 1 is 1.12 bits per heavy atom. The van der Waals surface area contributed by atoms with Gasteiger partial charge in [0.25, 0.3) is 0 Å². The lowest BCUT2D eigenvalue weighted by atomic mass is 10.4. The molecule has 1 N–H and O–H groups in total. The average molecular weight is 359 g/mol. The molecule has 2 heterocycles. The van der Waals surface area contributed by atoms with Crippen molar-refractivity contribution < 1.29 is 13.2 Å². The Hall–Kier alpha value is -2.78. The fraction of sp³-hybridized carbons (Fsp3) is 0.188. The van der Waals surface area contributed by atoms with E-state index in [0.717, 1.165) is 4.31 Å². The first kappa shape index (κ1) is 17.1. The largest absolute Gasteiger partial charge is 0.348 e. The topological polar surface area (TPSA) is 96.7 Å². The molecule has 130 valence electrons. The molecule has 0 bridgehead atoms. The van der Waals surface area contributed by atoms with Crippen molar-refractivity contribution in [3.63, 3.8) is 0 Å². The van der Waals surface area contributed by atoms with Gasteiger partial charge in [-0.2, -0.15) is 4.31 Å². The van der Waals surface area contributed by atoms with Crippen molar-refractivity contribution in [3.05, 3.63) is 60.6 Å². The molecule has 0 radical (unpaired) electrons. The summed E-state index contributed by atoms with van der Waals surface area (Å²) >= 11 is 0. The minimum absolute atomic E-state index is 0.147. The zero-order valence-electron chi connectivity index (χ0n) is 13.5. The Kier molecular flexibility index (Phi) is 4.77. The molecule has 8 nitrogen and oxygen atoms in total. The van der Waals surface area contributed by atoms with E-state index in [1.54, 1.807) is 34.9 Å². The van der Waals surface area contributed by atoms with Gasteiger partial charge in [-0.1, -0.05) is 24.3 Å². The molecular formula is C16H17N5O3S. The molecule has 25 heavy (non-hydrogen) atoms. The number of rotatable bonds is 6. The summed E-state index contributed by atoms with van der Waals surface area (Å²) in [4.78, 5) is 12.2. The molecule has 0 unspecified atom stereocenters. The van der Waals surface area contributed by atoms with Gasteiger partial charge < -0.3 is 5.32 Å². The van der Waals surface area contributed by atoms with Gasteiger partial charge in [0.05, 0.1) is 18.0 Å². The second-order valence-corrected chi connectivity index (χ2v) is 7.44. The molecule has 0 aliphatic rings. The van der Waals surface area contributed by atoms with Crippen molar-refractivity contribution in [2.24, 2.45) is 0 Å². The molecule has 9 heteroatoms. The predicted octanol–water partition coefficient (Wildman–Crippen LogP) is 0.666. The summed E-state index contributed by atoms with van der Waals surface area (Å²) in [5.74, 6) is 0.146. The van der Waals surface area contributed by atoms with E-state index in [-0.39, 0.29) is 18.0 Å². The fourth-order valence-electron chi connectivity index (χ4n) is 2.30. The molecule has 0 spiro atoms. The quantitative estimate of drug-likeness (QED) is 0.698. The lowest BCUT2D eigenvalue weighted by Crippen LogP contribution is -2.38.